The summed E-state index contributed by atoms with van der Waals surface area (Å²) >= 11 is 1.69. The van der Waals surface area contributed by atoms with E-state index in [1.54, 1.807) is 17.5 Å². The van der Waals surface area contributed by atoms with Crippen LogP contribution in [0.15, 0.2) is 12.3 Å². The Kier molecular flexibility index (Phi) is 1.77. The van der Waals surface area contributed by atoms with Crippen molar-refractivity contribution >= 4 is 21.7 Å². The summed E-state index contributed by atoms with van der Waals surface area (Å²) < 4.78 is 1.12. The van der Waals surface area contributed by atoms with Gasteiger partial charge in [0.25, 0.3) is 0 Å². The number of hydrogen-bond acceptors (Lipinski definition) is 4. The smallest absolute Gasteiger partial charge is 0.192 e. The molecule has 0 spiro atoms. The van der Waals surface area contributed by atoms with Gasteiger partial charge in [-0.15, -0.1) is 16.4 Å². The van der Waals surface area contributed by atoms with Crippen LogP contribution in [0.25, 0.3) is 10.3 Å². The van der Waals surface area contributed by atoms with Crippen LogP contribution in [-0.4, -0.2) is 15.2 Å². The molecule has 0 amide bonds. The highest BCUT2D eigenvalue weighted by atomic mass is 32.1. The van der Waals surface area contributed by atoms with E-state index in [4.69, 9.17) is 0 Å². The summed E-state index contributed by atoms with van der Waals surface area (Å²) in [5, 5.41) is 8.84. The average Bonchev–Trinajstić information content (AvgIpc) is 2.46. The molecule has 0 bridgehead atoms. The van der Waals surface area contributed by atoms with Gasteiger partial charge >= 0.3 is 0 Å². The van der Waals surface area contributed by atoms with Crippen molar-refractivity contribution in [2.24, 2.45) is 0 Å². The molecule has 0 aromatic carbocycles. The van der Waals surface area contributed by atoms with Crippen molar-refractivity contribution in [1.82, 2.24) is 15.2 Å². The summed E-state index contributed by atoms with van der Waals surface area (Å²) in [4.78, 5) is 4.36. The van der Waals surface area contributed by atoms with Crippen LogP contribution in [-0.2, 0) is 0 Å². The van der Waals surface area contributed by atoms with Gasteiger partial charge in [-0.2, -0.15) is 5.10 Å². The maximum atomic E-state index is 4.36. The number of rotatable bonds is 1. The van der Waals surface area contributed by atoms with E-state index < -0.39 is 0 Å². The minimum atomic E-state index is 0.476. The van der Waals surface area contributed by atoms with Gasteiger partial charge in [0.05, 0.1) is 15.9 Å². The van der Waals surface area contributed by atoms with Crippen LogP contribution >= 0.6 is 11.3 Å². The first kappa shape index (κ1) is 7.61. The predicted octanol–water partition coefficient (Wildman–Crippen LogP) is 2.21. The highest BCUT2D eigenvalue weighted by Gasteiger charge is 2.06. The Hall–Kier alpha value is -1.03. The zero-order valence-electron chi connectivity index (χ0n) is 6.98. The van der Waals surface area contributed by atoms with Crippen LogP contribution < -0.4 is 0 Å². The largest absolute Gasteiger partial charge is 0.220 e. The van der Waals surface area contributed by atoms with Crippen molar-refractivity contribution in [3.8, 4) is 0 Å². The second kappa shape index (κ2) is 2.79. The van der Waals surface area contributed by atoms with Crippen LogP contribution in [0.5, 0.6) is 0 Å². The molecule has 0 saturated heterocycles. The molecule has 0 N–H and O–H groups in total. The highest BCUT2D eigenvalue weighted by Crippen LogP contribution is 2.24. The third kappa shape index (κ3) is 1.18. The van der Waals surface area contributed by atoms with E-state index >= 15 is 0 Å². The third-order valence-electron chi connectivity index (χ3n) is 1.59. The van der Waals surface area contributed by atoms with Gasteiger partial charge in [-0.05, 0) is 6.07 Å². The Morgan fingerprint density at radius 1 is 1.42 bits per heavy atom. The van der Waals surface area contributed by atoms with Gasteiger partial charge in [-0.25, -0.2) is 4.98 Å². The fourth-order valence-electron chi connectivity index (χ4n) is 0.957. The molecule has 4 heteroatoms. The van der Waals surface area contributed by atoms with Crippen molar-refractivity contribution in [3.63, 3.8) is 0 Å². The van der Waals surface area contributed by atoms with E-state index in [9.17, 15) is 0 Å². The average molecular weight is 179 g/mol. The molecule has 2 rings (SSSR count). The molecule has 0 saturated carbocycles. The topological polar surface area (TPSA) is 38.7 Å². The molecule has 62 valence electrons. The third-order valence-corrected chi connectivity index (χ3v) is 2.90. The number of nitrogens with zero attached hydrogens (tertiary/aromatic N) is 3. The zero-order chi connectivity index (χ0) is 8.55. The first-order chi connectivity index (χ1) is 5.77. The molecule has 12 heavy (non-hydrogen) atoms. The second-order valence-electron chi connectivity index (χ2n) is 2.93. The van der Waals surface area contributed by atoms with Gasteiger partial charge in [0.2, 0.25) is 0 Å². The normalized spacial score (nSPS) is 11.2. The Balaban J connectivity index is 2.62. The molecule has 2 aromatic rings. The summed E-state index contributed by atoms with van der Waals surface area (Å²) in [6, 6.07) is 1.95. The number of fused-ring (bicyclic) bond motifs is 1. The molecule has 2 heterocycles. The molecular weight excluding hydrogens is 170 g/mol. The Morgan fingerprint density at radius 2 is 2.25 bits per heavy atom. The molecule has 3 nitrogen and oxygen atoms in total. The van der Waals surface area contributed by atoms with Crippen LogP contribution in [0, 0.1) is 0 Å². The standard InChI is InChI=1S/C8H9N3S/c1-5(2)8-10-7-6(12-8)3-4-9-11-7/h3-5H,1-2H3. The second-order valence-corrected chi connectivity index (χ2v) is 3.99. The minimum absolute atomic E-state index is 0.476. The lowest BCUT2D eigenvalue weighted by atomic mass is 10.2. The fourth-order valence-corrected chi connectivity index (χ4v) is 1.86. The van der Waals surface area contributed by atoms with E-state index in [1.807, 2.05) is 6.07 Å². The van der Waals surface area contributed by atoms with Crippen LogP contribution in [0.3, 0.4) is 0 Å². The highest BCUT2D eigenvalue weighted by molar-refractivity contribution is 7.18. The molecule has 0 aliphatic rings. The van der Waals surface area contributed by atoms with Gasteiger partial charge in [0.1, 0.15) is 0 Å². The number of hydrogen-bond donors (Lipinski definition) is 0. The van der Waals surface area contributed by atoms with Crippen LogP contribution in [0.4, 0.5) is 0 Å². The maximum Gasteiger partial charge on any atom is 0.192 e. The molecule has 0 aliphatic carbocycles. The predicted molar refractivity (Wildman–Crippen MR) is 49.3 cm³/mol. The fraction of sp³-hybridized carbons (Fsp3) is 0.375. The lowest BCUT2D eigenvalue weighted by molar-refractivity contribution is 0.853. The quantitative estimate of drug-likeness (QED) is 0.673. The lowest BCUT2D eigenvalue weighted by Crippen LogP contribution is -1.84. The van der Waals surface area contributed by atoms with Crippen molar-refractivity contribution in [3.05, 3.63) is 17.3 Å². The molecule has 2 aromatic heterocycles. The van der Waals surface area contributed by atoms with Crippen molar-refractivity contribution < 1.29 is 0 Å². The van der Waals surface area contributed by atoms with Gasteiger partial charge in [-0.3, -0.25) is 0 Å². The Bertz CT molecular complexity index is 361. The van der Waals surface area contributed by atoms with E-state index in [0.717, 1.165) is 15.4 Å². The first-order valence-corrected chi connectivity index (χ1v) is 4.67. The Morgan fingerprint density at radius 3 is 2.92 bits per heavy atom. The van der Waals surface area contributed by atoms with Crippen molar-refractivity contribution in [2.75, 3.05) is 0 Å². The summed E-state index contributed by atoms with van der Waals surface area (Å²) in [5.41, 5.74) is 0.770. The molecule has 0 atom stereocenters. The molecule has 0 aliphatic heterocycles. The molecule has 0 fully saturated rings. The molecular formula is C8H9N3S. The summed E-state index contributed by atoms with van der Waals surface area (Å²) in [6.45, 7) is 4.26. The summed E-state index contributed by atoms with van der Waals surface area (Å²) in [7, 11) is 0. The maximum absolute atomic E-state index is 4.36. The molecule has 0 unspecified atom stereocenters. The van der Waals surface area contributed by atoms with E-state index in [-0.39, 0.29) is 0 Å². The van der Waals surface area contributed by atoms with Crippen molar-refractivity contribution in [2.45, 2.75) is 19.8 Å². The summed E-state index contributed by atoms with van der Waals surface area (Å²) in [5.74, 6) is 0.476. The molecule has 0 radical (unpaired) electrons. The lowest BCUT2D eigenvalue weighted by Gasteiger charge is -1.93. The SMILES string of the molecule is CC(C)c1nc2nnccc2s1. The Labute approximate surface area is 74.5 Å². The van der Waals surface area contributed by atoms with Crippen molar-refractivity contribution in [1.29, 1.82) is 0 Å². The van der Waals surface area contributed by atoms with Gasteiger partial charge < -0.3 is 0 Å². The van der Waals surface area contributed by atoms with E-state index in [0.29, 0.717) is 5.92 Å². The number of thiazole rings is 1. The minimum Gasteiger partial charge on any atom is -0.220 e. The van der Waals surface area contributed by atoms with Gasteiger partial charge in [-0.1, -0.05) is 13.8 Å². The van der Waals surface area contributed by atoms with Crippen LogP contribution in [0.2, 0.25) is 0 Å². The zero-order valence-corrected chi connectivity index (χ0v) is 7.80. The van der Waals surface area contributed by atoms with E-state index in [1.165, 1.54) is 0 Å². The van der Waals surface area contributed by atoms with Gasteiger partial charge in [0, 0.05) is 5.92 Å². The van der Waals surface area contributed by atoms with E-state index in [2.05, 4.69) is 29.0 Å². The van der Waals surface area contributed by atoms with Gasteiger partial charge in [0.15, 0.2) is 5.65 Å². The summed E-state index contributed by atoms with van der Waals surface area (Å²) in [6.07, 6.45) is 1.70. The van der Waals surface area contributed by atoms with Crippen LogP contribution in [0.1, 0.15) is 24.8 Å². The first-order valence-electron chi connectivity index (χ1n) is 3.85. The monoisotopic (exact) mass is 179 g/mol. The number of aromatic nitrogens is 3.